The number of amides is 1. The molecule has 1 heterocycles. The normalized spacial score (nSPS) is 11.9. The zero-order valence-corrected chi connectivity index (χ0v) is 17.0. The number of thioether (sulfide) groups is 1. The average molecular weight is 419 g/mol. The maximum Gasteiger partial charge on any atom is 0.418 e. The Morgan fingerprint density at radius 3 is 2.41 bits per heavy atom. The van der Waals surface area contributed by atoms with Crippen LogP contribution in [-0.4, -0.2) is 38.8 Å². The standard InChI is InChI=1S/C17H21F3N4OS2/c1-10(2)24(11(3)4)14(25)9-26-16-23-22-15(27-16)21-13-8-6-5-7-12(13)17(18,19)20/h5-8,10-11H,9H2,1-4H3,(H,21,22). The predicted molar refractivity (Wildman–Crippen MR) is 102 cm³/mol. The largest absolute Gasteiger partial charge is 0.418 e. The summed E-state index contributed by atoms with van der Waals surface area (Å²) < 4.78 is 39.7. The van der Waals surface area contributed by atoms with Crippen molar-refractivity contribution in [3.05, 3.63) is 29.8 Å². The molecule has 148 valence electrons. The van der Waals surface area contributed by atoms with Crippen molar-refractivity contribution in [1.82, 2.24) is 15.1 Å². The Bertz CT molecular complexity index is 770. The lowest BCUT2D eigenvalue weighted by Crippen LogP contribution is -2.43. The van der Waals surface area contributed by atoms with Crippen LogP contribution in [-0.2, 0) is 11.0 Å². The highest BCUT2D eigenvalue weighted by atomic mass is 32.2. The maximum atomic E-state index is 13.1. The molecule has 1 N–H and O–H groups in total. The lowest BCUT2D eigenvalue weighted by molar-refractivity contribution is -0.137. The van der Waals surface area contributed by atoms with E-state index in [4.69, 9.17) is 0 Å². The van der Waals surface area contributed by atoms with E-state index >= 15 is 0 Å². The van der Waals surface area contributed by atoms with Crippen LogP contribution in [0.5, 0.6) is 0 Å². The van der Waals surface area contributed by atoms with Gasteiger partial charge >= 0.3 is 6.18 Å². The van der Waals surface area contributed by atoms with Gasteiger partial charge in [0.1, 0.15) is 0 Å². The second-order valence-corrected chi connectivity index (χ2v) is 8.52. The highest BCUT2D eigenvalue weighted by molar-refractivity contribution is 8.01. The number of rotatable bonds is 7. The third kappa shape index (κ3) is 5.83. The molecule has 27 heavy (non-hydrogen) atoms. The van der Waals surface area contributed by atoms with Crippen molar-refractivity contribution in [2.24, 2.45) is 0 Å². The van der Waals surface area contributed by atoms with E-state index in [0.717, 1.165) is 17.4 Å². The lowest BCUT2D eigenvalue weighted by atomic mass is 10.2. The van der Waals surface area contributed by atoms with Crippen LogP contribution in [0.1, 0.15) is 33.3 Å². The van der Waals surface area contributed by atoms with Gasteiger partial charge in [-0.05, 0) is 39.8 Å². The first kappa shape index (κ1) is 21.5. The molecule has 0 aliphatic rings. The van der Waals surface area contributed by atoms with Gasteiger partial charge in [0.2, 0.25) is 11.0 Å². The SMILES string of the molecule is CC(C)N(C(=O)CSc1nnc(Nc2ccccc2C(F)(F)F)s1)C(C)C. The Labute approximate surface area is 164 Å². The van der Waals surface area contributed by atoms with Crippen molar-refractivity contribution in [1.29, 1.82) is 0 Å². The molecule has 1 aromatic heterocycles. The summed E-state index contributed by atoms with van der Waals surface area (Å²) in [5, 5.41) is 10.7. The number of halogens is 3. The molecule has 0 radical (unpaired) electrons. The molecule has 1 amide bonds. The fourth-order valence-corrected chi connectivity index (χ4v) is 4.28. The summed E-state index contributed by atoms with van der Waals surface area (Å²) in [5.41, 5.74) is -0.853. The highest BCUT2D eigenvalue weighted by Crippen LogP contribution is 2.37. The first-order valence-electron chi connectivity index (χ1n) is 8.30. The molecular formula is C17H21F3N4OS2. The minimum Gasteiger partial charge on any atom is -0.337 e. The van der Waals surface area contributed by atoms with Crippen LogP contribution in [0.25, 0.3) is 0 Å². The Morgan fingerprint density at radius 2 is 1.81 bits per heavy atom. The van der Waals surface area contributed by atoms with E-state index in [1.165, 1.54) is 30.0 Å². The Morgan fingerprint density at radius 1 is 1.19 bits per heavy atom. The lowest BCUT2D eigenvalue weighted by Gasteiger charge is -2.30. The smallest absolute Gasteiger partial charge is 0.337 e. The molecule has 0 bridgehead atoms. The minimum absolute atomic E-state index is 0.0165. The van der Waals surface area contributed by atoms with Gasteiger partial charge in [-0.25, -0.2) is 0 Å². The van der Waals surface area contributed by atoms with E-state index in [2.05, 4.69) is 15.5 Å². The molecule has 0 unspecified atom stereocenters. The third-order valence-corrected chi connectivity index (χ3v) is 5.56. The molecule has 0 saturated heterocycles. The minimum atomic E-state index is -4.46. The summed E-state index contributed by atoms with van der Waals surface area (Å²) in [7, 11) is 0. The number of hydrogen-bond acceptors (Lipinski definition) is 6. The first-order chi connectivity index (χ1) is 12.6. The van der Waals surface area contributed by atoms with Gasteiger partial charge in [0.25, 0.3) is 0 Å². The van der Waals surface area contributed by atoms with Crippen molar-refractivity contribution in [2.75, 3.05) is 11.1 Å². The van der Waals surface area contributed by atoms with E-state index < -0.39 is 11.7 Å². The van der Waals surface area contributed by atoms with E-state index in [9.17, 15) is 18.0 Å². The van der Waals surface area contributed by atoms with Gasteiger partial charge in [0.15, 0.2) is 4.34 Å². The molecule has 0 aliphatic carbocycles. The average Bonchev–Trinajstić information content (AvgIpc) is 2.99. The quantitative estimate of drug-likeness (QED) is 0.639. The summed E-state index contributed by atoms with van der Waals surface area (Å²) in [4.78, 5) is 14.2. The van der Waals surface area contributed by atoms with Gasteiger partial charge in [-0.1, -0.05) is 35.2 Å². The first-order valence-corrected chi connectivity index (χ1v) is 10.1. The van der Waals surface area contributed by atoms with Gasteiger partial charge in [-0.15, -0.1) is 10.2 Å². The van der Waals surface area contributed by atoms with Crippen LogP contribution >= 0.6 is 23.1 Å². The number of anilines is 2. The number of carbonyl (C=O) groups is 1. The van der Waals surface area contributed by atoms with Gasteiger partial charge in [-0.2, -0.15) is 13.2 Å². The van der Waals surface area contributed by atoms with Crippen LogP contribution in [0, 0.1) is 0 Å². The van der Waals surface area contributed by atoms with Crippen LogP contribution in [0.15, 0.2) is 28.6 Å². The van der Waals surface area contributed by atoms with Crippen LogP contribution in [0.3, 0.4) is 0 Å². The summed E-state index contributed by atoms with van der Waals surface area (Å²) in [6.45, 7) is 7.81. The van der Waals surface area contributed by atoms with Gasteiger partial charge in [0, 0.05) is 12.1 Å². The number of benzene rings is 1. The Balaban J connectivity index is 2.03. The van der Waals surface area contributed by atoms with Crippen LogP contribution in [0.4, 0.5) is 24.0 Å². The third-order valence-electron chi connectivity index (χ3n) is 3.60. The number of aromatic nitrogens is 2. The number of para-hydroxylation sites is 1. The van der Waals surface area contributed by atoms with Crippen LogP contribution in [0.2, 0.25) is 0 Å². The molecule has 1 aromatic carbocycles. The number of nitrogens with zero attached hydrogens (tertiary/aromatic N) is 3. The van der Waals surface area contributed by atoms with E-state index in [0.29, 0.717) is 4.34 Å². The van der Waals surface area contributed by atoms with Gasteiger partial charge in [0.05, 0.1) is 17.0 Å². The molecule has 0 atom stereocenters. The molecule has 2 aromatic rings. The summed E-state index contributed by atoms with van der Waals surface area (Å²) in [6.07, 6.45) is -4.46. The summed E-state index contributed by atoms with van der Waals surface area (Å²) in [6, 6.07) is 5.36. The predicted octanol–water partition coefficient (Wildman–Crippen LogP) is 5.04. The highest BCUT2D eigenvalue weighted by Gasteiger charge is 2.33. The molecule has 0 saturated carbocycles. The number of carbonyl (C=O) groups excluding carboxylic acids is 1. The topological polar surface area (TPSA) is 58.1 Å². The van der Waals surface area contributed by atoms with E-state index in [1.807, 2.05) is 27.7 Å². The Hall–Kier alpha value is -1.81. The van der Waals surface area contributed by atoms with Crippen molar-refractivity contribution in [3.8, 4) is 0 Å². The van der Waals surface area contributed by atoms with Crippen LogP contribution < -0.4 is 5.32 Å². The number of alkyl halides is 3. The fraction of sp³-hybridized carbons (Fsp3) is 0.471. The van der Waals surface area contributed by atoms with Crippen molar-refractivity contribution < 1.29 is 18.0 Å². The summed E-state index contributed by atoms with van der Waals surface area (Å²) in [5.74, 6) is 0.182. The molecular weight excluding hydrogens is 397 g/mol. The molecule has 5 nitrogen and oxygen atoms in total. The van der Waals surface area contributed by atoms with E-state index in [1.54, 1.807) is 4.90 Å². The zero-order chi connectivity index (χ0) is 20.2. The second-order valence-electron chi connectivity index (χ2n) is 6.32. The molecule has 0 spiro atoms. The monoisotopic (exact) mass is 418 g/mol. The zero-order valence-electron chi connectivity index (χ0n) is 15.4. The summed E-state index contributed by atoms with van der Waals surface area (Å²) >= 11 is 2.33. The Kier molecular flexibility index (Phi) is 7.10. The van der Waals surface area contributed by atoms with Gasteiger partial charge < -0.3 is 10.2 Å². The van der Waals surface area contributed by atoms with Crippen molar-refractivity contribution in [3.63, 3.8) is 0 Å². The number of nitrogens with one attached hydrogen (secondary N) is 1. The molecule has 0 fully saturated rings. The van der Waals surface area contributed by atoms with Gasteiger partial charge in [-0.3, -0.25) is 4.79 Å². The van der Waals surface area contributed by atoms with Crippen molar-refractivity contribution in [2.45, 2.75) is 50.3 Å². The number of hydrogen-bond donors (Lipinski definition) is 1. The second kappa shape index (κ2) is 8.92. The fourth-order valence-electron chi connectivity index (χ4n) is 2.64. The molecule has 0 aliphatic heterocycles. The molecule has 2 rings (SSSR count). The van der Waals surface area contributed by atoms with Crippen molar-refractivity contribution >= 4 is 39.8 Å². The molecule has 10 heteroatoms. The van der Waals surface area contributed by atoms with E-state index in [-0.39, 0.29) is 34.6 Å². The maximum absolute atomic E-state index is 13.1.